The van der Waals surface area contributed by atoms with Gasteiger partial charge >= 0.3 is 6.09 Å². The standard InChI is InChI=1S/C17H34N4O2/c1-5-19-10-12-20(13-11-19)14-17(18-16(22)23-4)6-8-21(9-7-17)15(2)3/h15H,5-14H2,1-4H3,(H,18,22). The molecule has 0 aromatic heterocycles. The number of hydrogen-bond donors (Lipinski definition) is 1. The van der Waals surface area contributed by atoms with Gasteiger partial charge in [-0.25, -0.2) is 4.79 Å². The second-order valence-electron chi connectivity index (χ2n) is 7.24. The number of methoxy groups -OCH3 is 1. The molecule has 6 heteroatoms. The molecule has 0 radical (unpaired) electrons. The molecule has 0 saturated carbocycles. The number of likely N-dealkylation sites (tertiary alicyclic amines) is 1. The lowest BCUT2D eigenvalue weighted by Crippen LogP contribution is -2.62. The number of nitrogens with zero attached hydrogens (tertiary/aromatic N) is 3. The van der Waals surface area contributed by atoms with Crippen molar-refractivity contribution >= 4 is 6.09 Å². The number of carbonyl (C=O) groups excluding carboxylic acids is 1. The lowest BCUT2D eigenvalue weighted by molar-refractivity contribution is 0.0541. The second kappa shape index (κ2) is 8.31. The van der Waals surface area contributed by atoms with E-state index in [-0.39, 0.29) is 11.6 Å². The minimum atomic E-state index is -0.296. The molecule has 0 aliphatic carbocycles. The van der Waals surface area contributed by atoms with Gasteiger partial charge in [-0.05, 0) is 33.2 Å². The van der Waals surface area contributed by atoms with E-state index in [0.29, 0.717) is 6.04 Å². The lowest BCUT2D eigenvalue weighted by atomic mass is 9.86. The van der Waals surface area contributed by atoms with Gasteiger partial charge in [-0.15, -0.1) is 0 Å². The first kappa shape index (κ1) is 18.5. The van der Waals surface area contributed by atoms with Crippen molar-refractivity contribution < 1.29 is 9.53 Å². The number of piperazine rings is 1. The topological polar surface area (TPSA) is 48.1 Å². The van der Waals surface area contributed by atoms with Crippen LogP contribution in [-0.4, -0.2) is 91.8 Å². The number of carbonyl (C=O) groups is 1. The molecular formula is C17H34N4O2. The average Bonchev–Trinajstić information content (AvgIpc) is 2.55. The monoisotopic (exact) mass is 326 g/mol. The summed E-state index contributed by atoms with van der Waals surface area (Å²) in [7, 11) is 1.45. The van der Waals surface area contributed by atoms with E-state index in [1.807, 2.05) is 0 Å². The van der Waals surface area contributed by atoms with Gasteiger partial charge in [0.05, 0.1) is 12.6 Å². The van der Waals surface area contributed by atoms with E-state index in [0.717, 1.165) is 65.2 Å². The van der Waals surface area contributed by atoms with Gasteiger partial charge in [0, 0.05) is 51.9 Å². The summed E-state index contributed by atoms with van der Waals surface area (Å²) in [6.07, 6.45) is 1.69. The van der Waals surface area contributed by atoms with Crippen LogP contribution in [-0.2, 0) is 4.74 Å². The van der Waals surface area contributed by atoms with Crippen molar-refractivity contribution in [2.24, 2.45) is 0 Å². The van der Waals surface area contributed by atoms with Crippen molar-refractivity contribution in [2.45, 2.75) is 45.2 Å². The van der Waals surface area contributed by atoms with Crippen molar-refractivity contribution in [1.82, 2.24) is 20.0 Å². The molecule has 0 bridgehead atoms. The van der Waals surface area contributed by atoms with Gasteiger partial charge in [-0.2, -0.15) is 0 Å². The number of alkyl carbamates (subject to hydrolysis) is 1. The van der Waals surface area contributed by atoms with Crippen LogP contribution in [0.4, 0.5) is 4.79 Å². The number of piperidine rings is 1. The van der Waals surface area contributed by atoms with E-state index in [1.54, 1.807) is 0 Å². The number of rotatable bonds is 5. The number of ether oxygens (including phenoxy) is 1. The molecule has 2 aliphatic rings. The summed E-state index contributed by atoms with van der Waals surface area (Å²) >= 11 is 0. The van der Waals surface area contributed by atoms with Gasteiger partial charge in [0.25, 0.3) is 0 Å². The lowest BCUT2D eigenvalue weighted by Gasteiger charge is -2.46. The summed E-state index contributed by atoms with van der Waals surface area (Å²) in [4.78, 5) is 19.4. The van der Waals surface area contributed by atoms with E-state index in [1.165, 1.54) is 7.11 Å². The Labute approximate surface area is 141 Å². The first-order chi connectivity index (χ1) is 11.0. The Kier molecular flexibility index (Phi) is 6.68. The Morgan fingerprint density at radius 1 is 1.09 bits per heavy atom. The fourth-order valence-electron chi connectivity index (χ4n) is 3.75. The summed E-state index contributed by atoms with van der Waals surface area (Å²) < 4.78 is 4.89. The quantitative estimate of drug-likeness (QED) is 0.823. The molecule has 0 unspecified atom stereocenters. The number of nitrogens with one attached hydrogen (secondary N) is 1. The third kappa shape index (κ3) is 5.06. The van der Waals surface area contributed by atoms with Crippen LogP contribution in [0.15, 0.2) is 0 Å². The summed E-state index contributed by atoms with van der Waals surface area (Å²) in [5.41, 5.74) is -0.146. The maximum absolute atomic E-state index is 11.9. The van der Waals surface area contributed by atoms with Crippen LogP contribution < -0.4 is 5.32 Å². The second-order valence-corrected chi connectivity index (χ2v) is 7.24. The van der Waals surface area contributed by atoms with Gasteiger partial charge < -0.3 is 19.9 Å². The Morgan fingerprint density at radius 3 is 2.13 bits per heavy atom. The zero-order valence-corrected chi connectivity index (χ0v) is 15.3. The molecular weight excluding hydrogens is 292 g/mol. The first-order valence-corrected chi connectivity index (χ1v) is 9.03. The van der Waals surface area contributed by atoms with Crippen LogP contribution in [0.25, 0.3) is 0 Å². The van der Waals surface area contributed by atoms with Crippen molar-refractivity contribution in [3.05, 3.63) is 0 Å². The predicted octanol–water partition coefficient (Wildman–Crippen LogP) is 1.22. The van der Waals surface area contributed by atoms with E-state index >= 15 is 0 Å². The normalized spacial score (nSPS) is 23.9. The summed E-state index contributed by atoms with van der Waals surface area (Å²) in [6, 6.07) is 0.569. The summed E-state index contributed by atoms with van der Waals surface area (Å²) in [6.45, 7) is 15.3. The maximum Gasteiger partial charge on any atom is 0.407 e. The molecule has 2 aliphatic heterocycles. The zero-order chi connectivity index (χ0) is 16.9. The molecule has 0 aromatic rings. The van der Waals surface area contributed by atoms with Crippen LogP contribution in [0, 0.1) is 0 Å². The molecule has 2 rings (SSSR count). The van der Waals surface area contributed by atoms with E-state index in [2.05, 4.69) is 40.8 Å². The predicted molar refractivity (Wildman–Crippen MR) is 92.8 cm³/mol. The molecule has 1 amide bonds. The SMILES string of the molecule is CCN1CCN(CC2(NC(=O)OC)CCN(C(C)C)CC2)CC1. The minimum Gasteiger partial charge on any atom is -0.453 e. The Balaban J connectivity index is 1.96. The van der Waals surface area contributed by atoms with Gasteiger partial charge in [-0.3, -0.25) is 4.90 Å². The third-order valence-electron chi connectivity index (χ3n) is 5.48. The minimum absolute atomic E-state index is 0.146. The van der Waals surface area contributed by atoms with Crippen molar-refractivity contribution in [1.29, 1.82) is 0 Å². The summed E-state index contributed by atoms with van der Waals surface area (Å²) in [5, 5.41) is 3.17. The van der Waals surface area contributed by atoms with Crippen LogP contribution in [0.2, 0.25) is 0 Å². The highest BCUT2D eigenvalue weighted by Gasteiger charge is 2.38. The average molecular weight is 326 g/mol. The Bertz CT molecular complexity index is 373. The van der Waals surface area contributed by atoms with E-state index in [9.17, 15) is 4.79 Å². The van der Waals surface area contributed by atoms with Crippen molar-refractivity contribution in [3.8, 4) is 0 Å². The van der Waals surface area contributed by atoms with Crippen LogP contribution in [0.5, 0.6) is 0 Å². The molecule has 6 nitrogen and oxygen atoms in total. The maximum atomic E-state index is 11.9. The van der Waals surface area contributed by atoms with E-state index in [4.69, 9.17) is 4.74 Å². The molecule has 134 valence electrons. The number of hydrogen-bond acceptors (Lipinski definition) is 5. The molecule has 0 aromatic carbocycles. The molecule has 0 atom stereocenters. The van der Waals surface area contributed by atoms with Crippen molar-refractivity contribution in [2.75, 3.05) is 59.5 Å². The smallest absolute Gasteiger partial charge is 0.407 e. The van der Waals surface area contributed by atoms with Gasteiger partial charge in [0.1, 0.15) is 0 Å². The molecule has 2 saturated heterocycles. The zero-order valence-electron chi connectivity index (χ0n) is 15.3. The molecule has 0 spiro atoms. The van der Waals surface area contributed by atoms with Crippen LogP contribution in [0.1, 0.15) is 33.6 Å². The Hall–Kier alpha value is -0.850. The first-order valence-electron chi connectivity index (χ1n) is 9.03. The largest absolute Gasteiger partial charge is 0.453 e. The van der Waals surface area contributed by atoms with Gasteiger partial charge in [-0.1, -0.05) is 6.92 Å². The highest BCUT2D eigenvalue weighted by Crippen LogP contribution is 2.25. The fourth-order valence-corrected chi connectivity index (χ4v) is 3.75. The molecule has 2 fully saturated rings. The molecule has 2 heterocycles. The van der Waals surface area contributed by atoms with Crippen LogP contribution in [0.3, 0.4) is 0 Å². The van der Waals surface area contributed by atoms with Crippen LogP contribution >= 0.6 is 0 Å². The van der Waals surface area contributed by atoms with Gasteiger partial charge in [0.2, 0.25) is 0 Å². The highest BCUT2D eigenvalue weighted by atomic mass is 16.5. The summed E-state index contributed by atoms with van der Waals surface area (Å²) in [5.74, 6) is 0. The fraction of sp³-hybridized carbons (Fsp3) is 0.941. The Morgan fingerprint density at radius 2 is 1.65 bits per heavy atom. The third-order valence-corrected chi connectivity index (χ3v) is 5.48. The van der Waals surface area contributed by atoms with E-state index < -0.39 is 0 Å². The molecule has 1 N–H and O–H groups in total. The van der Waals surface area contributed by atoms with Gasteiger partial charge in [0.15, 0.2) is 0 Å². The number of likely N-dealkylation sites (N-methyl/N-ethyl adjacent to an activating group) is 1. The highest BCUT2D eigenvalue weighted by molar-refractivity contribution is 5.68. The van der Waals surface area contributed by atoms with Crippen molar-refractivity contribution in [3.63, 3.8) is 0 Å². The number of amides is 1. The molecule has 23 heavy (non-hydrogen) atoms.